The summed E-state index contributed by atoms with van der Waals surface area (Å²) in [5, 5.41) is 20.8. The number of aliphatic hydroxyl groups is 1. The molecule has 0 spiro atoms. The lowest BCUT2D eigenvalue weighted by Crippen LogP contribution is -2.41. The van der Waals surface area contributed by atoms with Crippen molar-refractivity contribution < 1.29 is 10.2 Å². The van der Waals surface area contributed by atoms with Crippen LogP contribution in [0.5, 0.6) is 5.75 Å². The predicted molar refractivity (Wildman–Crippen MR) is 97.2 cm³/mol. The van der Waals surface area contributed by atoms with Crippen molar-refractivity contribution in [2.45, 2.75) is 24.9 Å². The molecule has 0 aliphatic heterocycles. The van der Waals surface area contributed by atoms with Crippen LogP contribution in [0.4, 0.5) is 0 Å². The highest BCUT2D eigenvalue weighted by Gasteiger charge is 2.42. The molecule has 0 aliphatic rings. The molecule has 2 N–H and O–H groups in total. The van der Waals surface area contributed by atoms with Crippen LogP contribution in [0.2, 0.25) is 0 Å². The standard InChI is InChI=1S/C22H22O2/c1-2-21(24)22(17-9-5-3-6-10-17,18-11-7-4-8-12-18)19-13-15-20(23)16-14-19/h3-16,21,23-24H,2H2,1H3. The van der Waals surface area contributed by atoms with Gasteiger partial charge in [0.15, 0.2) is 0 Å². The van der Waals surface area contributed by atoms with Crippen LogP contribution in [0.1, 0.15) is 30.0 Å². The Morgan fingerprint density at radius 3 is 1.54 bits per heavy atom. The van der Waals surface area contributed by atoms with Gasteiger partial charge in [0.1, 0.15) is 5.75 Å². The fraction of sp³-hybridized carbons (Fsp3) is 0.182. The zero-order valence-corrected chi connectivity index (χ0v) is 13.8. The number of benzene rings is 3. The zero-order chi connectivity index (χ0) is 17.0. The first-order valence-electron chi connectivity index (χ1n) is 8.28. The number of aliphatic hydroxyl groups excluding tert-OH is 1. The molecule has 0 fully saturated rings. The lowest BCUT2D eigenvalue weighted by atomic mass is 9.65. The van der Waals surface area contributed by atoms with Crippen molar-refractivity contribution in [2.75, 3.05) is 0 Å². The van der Waals surface area contributed by atoms with Crippen LogP contribution in [0, 0.1) is 0 Å². The van der Waals surface area contributed by atoms with Gasteiger partial charge in [-0.2, -0.15) is 0 Å². The number of hydrogen-bond acceptors (Lipinski definition) is 2. The summed E-state index contributed by atoms with van der Waals surface area (Å²) in [5.41, 5.74) is 2.37. The first-order valence-corrected chi connectivity index (χ1v) is 8.28. The highest BCUT2D eigenvalue weighted by Crippen LogP contribution is 2.43. The molecule has 0 aromatic heterocycles. The molecule has 1 unspecified atom stereocenters. The fourth-order valence-electron chi connectivity index (χ4n) is 3.51. The average molecular weight is 318 g/mol. The molecule has 2 heteroatoms. The molecule has 3 rings (SSSR count). The highest BCUT2D eigenvalue weighted by atomic mass is 16.3. The molecule has 0 amide bonds. The Labute approximate surface area is 143 Å². The fourth-order valence-corrected chi connectivity index (χ4v) is 3.51. The lowest BCUT2D eigenvalue weighted by Gasteiger charge is -2.40. The highest BCUT2D eigenvalue weighted by molar-refractivity contribution is 5.52. The molecule has 3 aromatic rings. The van der Waals surface area contributed by atoms with Crippen molar-refractivity contribution in [3.63, 3.8) is 0 Å². The topological polar surface area (TPSA) is 40.5 Å². The van der Waals surface area contributed by atoms with Crippen molar-refractivity contribution in [3.05, 3.63) is 102 Å². The molecule has 24 heavy (non-hydrogen) atoms. The van der Waals surface area contributed by atoms with E-state index in [0.717, 1.165) is 16.7 Å². The average Bonchev–Trinajstić information content (AvgIpc) is 2.65. The normalized spacial score (nSPS) is 12.8. The first-order chi connectivity index (χ1) is 11.7. The van der Waals surface area contributed by atoms with E-state index in [4.69, 9.17) is 0 Å². The molecular formula is C22H22O2. The van der Waals surface area contributed by atoms with Gasteiger partial charge in [0.2, 0.25) is 0 Å². The minimum Gasteiger partial charge on any atom is -0.508 e. The van der Waals surface area contributed by atoms with Crippen LogP contribution in [-0.4, -0.2) is 16.3 Å². The molecule has 0 aliphatic carbocycles. The Morgan fingerprint density at radius 1 is 0.708 bits per heavy atom. The zero-order valence-electron chi connectivity index (χ0n) is 13.8. The van der Waals surface area contributed by atoms with Gasteiger partial charge in [0.25, 0.3) is 0 Å². The van der Waals surface area contributed by atoms with E-state index < -0.39 is 11.5 Å². The smallest absolute Gasteiger partial charge is 0.115 e. The van der Waals surface area contributed by atoms with Crippen molar-refractivity contribution in [1.82, 2.24) is 0 Å². The summed E-state index contributed by atoms with van der Waals surface area (Å²) < 4.78 is 0. The van der Waals surface area contributed by atoms with E-state index in [-0.39, 0.29) is 5.75 Å². The molecule has 0 heterocycles. The summed E-state index contributed by atoms with van der Waals surface area (Å²) in [7, 11) is 0. The van der Waals surface area contributed by atoms with Crippen molar-refractivity contribution in [2.24, 2.45) is 0 Å². The molecule has 0 bridgehead atoms. The van der Waals surface area contributed by atoms with Crippen LogP contribution in [-0.2, 0) is 5.41 Å². The monoisotopic (exact) mass is 318 g/mol. The second kappa shape index (κ2) is 6.90. The maximum Gasteiger partial charge on any atom is 0.115 e. The molecule has 0 radical (unpaired) electrons. The van der Waals surface area contributed by atoms with Gasteiger partial charge in [0, 0.05) is 0 Å². The largest absolute Gasteiger partial charge is 0.508 e. The number of rotatable bonds is 5. The van der Waals surface area contributed by atoms with Gasteiger partial charge in [-0.25, -0.2) is 0 Å². The van der Waals surface area contributed by atoms with E-state index in [1.54, 1.807) is 12.1 Å². The van der Waals surface area contributed by atoms with Crippen molar-refractivity contribution in [3.8, 4) is 5.75 Å². The van der Waals surface area contributed by atoms with Gasteiger partial charge in [-0.3, -0.25) is 0 Å². The van der Waals surface area contributed by atoms with Gasteiger partial charge in [-0.1, -0.05) is 79.7 Å². The Kier molecular flexibility index (Phi) is 4.68. The van der Waals surface area contributed by atoms with E-state index in [1.807, 2.05) is 55.5 Å². The van der Waals surface area contributed by atoms with Gasteiger partial charge >= 0.3 is 0 Å². The van der Waals surface area contributed by atoms with Crippen LogP contribution < -0.4 is 0 Å². The Bertz CT molecular complexity index is 725. The second-order valence-electron chi connectivity index (χ2n) is 6.01. The number of phenolic OH excluding ortho intramolecular Hbond substituents is 1. The Morgan fingerprint density at radius 2 is 1.12 bits per heavy atom. The quantitative estimate of drug-likeness (QED) is 0.680. The molecule has 2 nitrogen and oxygen atoms in total. The molecule has 0 saturated heterocycles. The summed E-state index contributed by atoms with van der Waals surface area (Å²) in [6.07, 6.45) is 0.0249. The van der Waals surface area contributed by atoms with Crippen LogP contribution in [0.25, 0.3) is 0 Å². The number of aromatic hydroxyl groups is 1. The van der Waals surface area contributed by atoms with Crippen LogP contribution in [0.15, 0.2) is 84.9 Å². The second-order valence-corrected chi connectivity index (χ2v) is 6.01. The number of phenols is 1. The Balaban J connectivity index is 2.35. The third-order valence-corrected chi connectivity index (χ3v) is 4.67. The van der Waals surface area contributed by atoms with Gasteiger partial charge < -0.3 is 10.2 Å². The van der Waals surface area contributed by atoms with Gasteiger partial charge in [-0.15, -0.1) is 0 Å². The first kappa shape index (κ1) is 16.3. The summed E-state index contributed by atoms with van der Waals surface area (Å²) in [6, 6.07) is 27.3. The molecule has 3 aromatic carbocycles. The van der Waals surface area contributed by atoms with Crippen molar-refractivity contribution in [1.29, 1.82) is 0 Å². The summed E-state index contributed by atoms with van der Waals surface area (Å²) in [5.74, 6) is 0.222. The minimum absolute atomic E-state index is 0.222. The Hall–Kier alpha value is -2.58. The summed E-state index contributed by atoms with van der Waals surface area (Å²) >= 11 is 0. The molecule has 0 saturated carbocycles. The summed E-state index contributed by atoms with van der Waals surface area (Å²) in [4.78, 5) is 0. The molecule has 122 valence electrons. The lowest BCUT2D eigenvalue weighted by molar-refractivity contribution is 0.117. The van der Waals surface area contributed by atoms with E-state index >= 15 is 0 Å². The molecule has 1 atom stereocenters. The third kappa shape index (κ3) is 2.70. The number of hydrogen-bond donors (Lipinski definition) is 2. The maximum atomic E-state index is 11.1. The molecular weight excluding hydrogens is 296 g/mol. The minimum atomic E-state index is -0.676. The van der Waals surface area contributed by atoms with E-state index in [0.29, 0.717) is 6.42 Å². The van der Waals surface area contributed by atoms with Gasteiger partial charge in [0.05, 0.1) is 11.5 Å². The SMILES string of the molecule is CCC(O)C(c1ccccc1)(c1ccccc1)c1ccc(O)cc1. The van der Waals surface area contributed by atoms with Crippen LogP contribution in [0.3, 0.4) is 0 Å². The van der Waals surface area contributed by atoms with Gasteiger partial charge in [-0.05, 0) is 35.2 Å². The maximum absolute atomic E-state index is 11.1. The predicted octanol–water partition coefficient (Wildman–Crippen LogP) is 4.50. The van der Waals surface area contributed by atoms with E-state index in [2.05, 4.69) is 24.3 Å². The van der Waals surface area contributed by atoms with E-state index in [9.17, 15) is 10.2 Å². The van der Waals surface area contributed by atoms with Crippen molar-refractivity contribution >= 4 is 0 Å². The van der Waals surface area contributed by atoms with E-state index in [1.165, 1.54) is 0 Å². The summed E-state index contributed by atoms with van der Waals surface area (Å²) in [6.45, 7) is 1.99. The third-order valence-electron chi connectivity index (χ3n) is 4.67. The van der Waals surface area contributed by atoms with Crippen LogP contribution >= 0.6 is 0 Å².